The van der Waals surface area contributed by atoms with Gasteiger partial charge in [0.05, 0.1) is 6.07 Å². The van der Waals surface area contributed by atoms with Crippen LogP contribution < -0.4 is 5.73 Å². The molecule has 0 aromatic rings. The highest BCUT2D eigenvalue weighted by molar-refractivity contribution is 5.15. The van der Waals surface area contributed by atoms with Crippen molar-refractivity contribution in [1.29, 1.82) is 5.26 Å². The monoisotopic (exact) mass is 194 g/mol. The molecule has 0 aliphatic rings. The third-order valence-corrected chi connectivity index (χ3v) is 2.09. The molecule has 0 spiro atoms. The molecule has 0 aliphatic heterocycles. The van der Waals surface area contributed by atoms with Crippen LogP contribution in [0.5, 0.6) is 0 Å². The predicted molar refractivity (Wildman–Crippen MR) is 57.1 cm³/mol. The topological polar surface area (TPSA) is 70.0 Å². The Balaban J connectivity index is 3.76. The summed E-state index contributed by atoms with van der Waals surface area (Å²) in [6.07, 6.45) is 1.54. The Bertz CT molecular complexity index is 253. The normalized spacial score (nSPS) is 14.1. The summed E-state index contributed by atoms with van der Waals surface area (Å²) in [6, 6.07) is 2.16. The maximum absolute atomic E-state index is 9.43. The number of aliphatic hydroxyl groups is 1. The molecule has 2 unspecified atom stereocenters. The van der Waals surface area contributed by atoms with Crippen LogP contribution in [0.4, 0.5) is 0 Å². The predicted octanol–water partition coefficient (Wildman–Crippen LogP) is 1.71. The molecule has 0 heterocycles. The van der Waals surface area contributed by atoms with Crippen LogP contribution in [0.2, 0.25) is 0 Å². The van der Waals surface area contributed by atoms with Crippen LogP contribution in [0.25, 0.3) is 0 Å². The highest BCUT2D eigenvalue weighted by Gasteiger charge is 2.10. The van der Waals surface area contributed by atoms with Crippen LogP contribution in [0.3, 0.4) is 0 Å². The number of rotatable bonds is 6. The summed E-state index contributed by atoms with van der Waals surface area (Å²) in [6.45, 7) is 9.05. The Morgan fingerprint density at radius 1 is 1.57 bits per heavy atom. The van der Waals surface area contributed by atoms with E-state index in [2.05, 4.69) is 19.2 Å². The smallest absolute Gasteiger partial charge is 0.113 e. The van der Waals surface area contributed by atoms with Crippen molar-refractivity contribution >= 4 is 0 Å². The van der Waals surface area contributed by atoms with Crippen molar-refractivity contribution in [2.75, 3.05) is 0 Å². The van der Waals surface area contributed by atoms with Crippen molar-refractivity contribution in [1.82, 2.24) is 0 Å². The van der Waals surface area contributed by atoms with Crippen LogP contribution in [-0.4, -0.2) is 11.2 Å². The molecule has 0 radical (unpaired) electrons. The Morgan fingerprint density at radius 3 is 2.57 bits per heavy atom. The zero-order valence-corrected chi connectivity index (χ0v) is 8.66. The molecule has 3 heteroatoms. The molecule has 0 fully saturated rings. The van der Waals surface area contributed by atoms with Crippen LogP contribution in [0, 0.1) is 17.2 Å². The summed E-state index contributed by atoms with van der Waals surface area (Å²) in [5.74, 6) is 0.0565. The van der Waals surface area contributed by atoms with E-state index in [1.807, 2.05) is 6.92 Å². The van der Waals surface area contributed by atoms with Crippen molar-refractivity contribution < 1.29 is 5.11 Å². The maximum atomic E-state index is 9.43. The first-order valence-electron chi connectivity index (χ1n) is 4.68. The molecule has 0 aromatic carbocycles. The molecule has 0 aromatic heterocycles. The first kappa shape index (κ1) is 12.7. The summed E-state index contributed by atoms with van der Waals surface area (Å²) in [5.41, 5.74) is 6.23. The Morgan fingerprint density at radius 2 is 2.14 bits per heavy atom. The first-order valence-corrected chi connectivity index (χ1v) is 4.68. The fraction of sp³-hybridized carbons (Fsp3) is 0.545. The average Bonchev–Trinajstić information content (AvgIpc) is 2.15. The average molecular weight is 194 g/mol. The quantitative estimate of drug-likeness (QED) is 0.632. The van der Waals surface area contributed by atoms with Gasteiger partial charge in [0.1, 0.15) is 6.10 Å². The summed E-state index contributed by atoms with van der Waals surface area (Å²) in [5, 5.41) is 18.0. The second-order valence-electron chi connectivity index (χ2n) is 3.56. The second kappa shape index (κ2) is 6.22. The van der Waals surface area contributed by atoms with E-state index in [-0.39, 0.29) is 11.6 Å². The lowest BCUT2D eigenvalue weighted by atomic mass is 9.99. The lowest BCUT2D eigenvalue weighted by Crippen LogP contribution is -2.18. The molecule has 3 nitrogen and oxygen atoms in total. The highest BCUT2D eigenvalue weighted by atomic mass is 16.3. The Hall–Kier alpha value is -1.27. The highest BCUT2D eigenvalue weighted by Crippen LogP contribution is 2.15. The zero-order chi connectivity index (χ0) is 11.1. The number of aliphatic hydroxyl groups excluding tert-OH is 1. The van der Waals surface area contributed by atoms with Gasteiger partial charge in [-0.15, -0.1) is 0 Å². The van der Waals surface area contributed by atoms with Crippen molar-refractivity contribution in [3.05, 3.63) is 24.4 Å². The summed E-state index contributed by atoms with van der Waals surface area (Å²) >= 11 is 0. The lowest BCUT2D eigenvalue weighted by Gasteiger charge is -2.13. The third kappa shape index (κ3) is 4.68. The van der Waals surface area contributed by atoms with Crippen molar-refractivity contribution in [3.63, 3.8) is 0 Å². The molecule has 2 atom stereocenters. The SMILES string of the molecule is C=C(N)C(O)C(=C)CCCC(C)C#N. The van der Waals surface area contributed by atoms with Crippen molar-refractivity contribution in [2.24, 2.45) is 11.7 Å². The molecule has 0 aliphatic carbocycles. The second-order valence-corrected chi connectivity index (χ2v) is 3.56. The largest absolute Gasteiger partial charge is 0.400 e. The van der Waals surface area contributed by atoms with Gasteiger partial charge in [-0.3, -0.25) is 0 Å². The summed E-state index contributed by atoms with van der Waals surface area (Å²) in [4.78, 5) is 0. The Labute approximate surface area is 85.5 Å². The van der Waals surface area contributed by atoms with Gasteiger partial charge in [0.2, 0.25) is 0 Å². The van der Waals surface area contributed by atoms with E-state index < -0.39 is 6.10 Å². The van der Waals surface area contributed by atoms with Gasteiger partial charge in [-0.2, -0.15) is 5.26 Å². The lowest BCUT2D eigenvalue weighted by molar-refractivity contribution is 0.240. The van der Waals surface area contributed by atoms with Gasteiger partial charge in [0.25, 0.3) is 0 Å². The van der Waals surface area contributed by atoms with Gasteiger partial charge in [0.15, 0.2) is 0 Å². The molecule has 14 heavy (non-hydrogen) atoms. The molecule has 3 N–H and O–H groups in total. The van der Waals surface area contributed by atoms with E-state index in [0.29, 0.717) is 12.0 Å². The molecular formula is C11H18N2O. The van der Waals surface area contributed by atoms with E-state index in [1.54, 1.807) is 0 Å². The van der Waals surface area contributed by atoms with E-state index in [0.717, 1.165) is 12.8 Å². The van der Waals surface area contributed by atoms with E-state index in [9.17, 15) is 5.11 Å². The maximum Gasteiger partial charge on any atom is 0.113 e. The van der Waals surface area contributed by atoms with Gasteiger partial charge < -0.3 is 10.8 Å². The molecule has 0 saturated heterocycles. The zero-order valence-electron chi connectivity index (χ0n) is 8.66. The number of nitriles is 1. The fourth-order valence-corrected chi connectivity index (χ4v) is 1.10. The van der Waals surface area contributed by atoms with Crippen LogP contribution in [0.15, 0.2) is 24.4 Å². The Kier molecular flexibility index (Phi) is 5.66. The summed E-state index contributed by atoms with van der Waals surface area (Å²) in [7, 11) is 0. The molecule has 0 amide bonds. The molecule has 0 bridgehead atoms. The molecular weight excluding hydrogens is 176 g/mol. The first-order chi connectivity index (χ1) is 6.49. The van der Waals surface area contributed by atoms with E-state index in [4.69, 9.17) is 11.0 Å². The number of hydrogen-bond donors (Lipinski definition) is 2. The van der Waals surface area contributed by atoms with Crippen LogP contribution in [0.1, 0.15) is 26.2 Å². The molecule has 78 valence electrons. The number of nitrogens with two attached hydrogens (primary N) is 1. The van der Waals surface area contributed by atoms with E-state index in [1.165, 1.54) is 0 Å². The number of nitrogens with zero attached hydrogens (tertiary/aromatic N) is 1. The van der Waals surface area contributed by atoms with Gasteiger partial charge >= 0.3 is 0 Å². The standard InChI is InChI=1S/C11H18N2O/c1-8(7-12)5-4-6-9(2)11(14)10(3)13/h8,11,14H,2-6,13H2,1H3. The van der Waals surface area contributed by atoms with E-state index >= 15 is 0 Å². The third-order valence-electron chi connectivity index (χ3n) is 2.09. The molecule has 0 rings (SSSR count). The van der Waals surface area contributed by atoms with Crippen LogP contribution in [-0.2, 0) is 0 Å². The van der Waals surface area contributed by atoms with Crippen molar-refractivity contribution in [3.8, 4) is 6.07 Å². The minimum atomic E-state index is -0.813. The van der Waals surface area contributed by atoms with Crippen molar-refractivity contribution in [2.45, 2.75) is 32.3 Å². The van der Waals surface area contributed by atoms with Gasteiger partial charge in [-0.05, 0) is 31.8 Å². The van der Waals surface area contributed by atoms with Gasteiger partial charge in [-0.25, -0.2) is 0 Å². The minimum Gasteiger partial charge on any atom is -0.400 e. The number of hydrogen-bond acceptors (Lipinski definition) is 3. The van der Waals surface area contributed by atoms with Gasteiger partial charge in [-0.1, -0.05) is 13.2 Å². The fourth-order valence-electron chi connectivity index (χ4n) is 1.10. The molecule has 0 saturated carbocycles. The summed E-state index contributed by atoms with van der Waals surface area (Å²) < 4.78 is 0. The van der Waals surface area contributed by atoms with Gasteiger partial charge in [0, 0.05) is 11.6 Å². The van der Waals surface area contributed by atoms with Crippen LogP contribution >= 0.6 is 0 Å². The minimum absolute atomic E-state index is 0.0565.